The van der Waals surface area contributed by atoms with Crippen LogP contribution in [0.4, 0.5) is 11.4 Å². The van der Waals surface area contributed by atoms with Crippen molar-refractivity contribution < 1.29 is 32.2 Å². The van der Waals surface area contributed by atoms with Crippen LogP contribution in [0.25, 0.3) is 10.8 Å². The molecule has 0 saturated heterocycles. The average molecular weight is 541 g/mol. The van der Waals surface area contributed by atoms with Crippen molar-refractivity contribution in [3.05, 3.63) is 54.6 Å². The highest BCUT2D eigenvalue weighted by Crippen LogP contribution is 2.36. The molecule has 0 aromatic heterocycles. The van der Waals surface area contributed by atoms with E-state index in [0.29, 0.717) is 30.0 Å². The predicted molar refractivity (Wildman–Crippen MR) is 147 cm³/mol. The van der Waals surface area contributed by atoms with E-state index in [1.807, 2.05) is 36.1 Å². The quantitative estimate of drug-likeness (QED) is 0.197. The highest BCUT2D eigenvalue weighted by atomic mass is 32.2. The number of carbonyl (C=O) groups is 1. The van der Waals surface area contributed by atoms with Gasteiger partial charge in [-0.3, -0.25) is 9.52 Å². The lowest BCUT2D eigenvalue weighted by atomic mass is 10.0. The summed E-state index contributed by atoms with van der Waals surface area (Å²) in [6.07, 6.45) is 5.78. The third-order valence-corrected chi connectivity index (χ3v) is 7.29. The van der Waals surface area contributed by atoms with Gasteiger partial charge in [0, 0.05) is 35.7 Å². The number of carbonyl (C=O) groups excluding carboxylic acids is 1. The van der Waals surface area contributed by atoms with E-state index >= 15 is 0 Å². The maximum Gasteiger partial charge on any atom is 0.307 e. The van der Waals surface area contributed by atoms with E-state index in [4.69, 9.17) is 25.4 Å². The minimum atomic E-state index is -3.98. The number of hydrogen-bond acceptors (Lipinski definition) is 8. The number of esters is 1. The van der Waals surface area contributed by atoms with Gasteiger partial charge in [0.1, 0.15) is 6.61 Å². The summed E-state index contributed by atoms with van der Waals surface area (Å²) in [6, 6.07) is 15.0. The number of sulfonamides is 1. The van der Waals surface area contributed by atoms with Crippen molar-refractivity contribution in [2.75, 3.05) is 50.7 Å². The van der Waals surface area contributed by atoms with E-state index < -0.39 is 10.0 Å². The second-order valence-corrected chi connectivity index (χ2v) is 10.1. The van der Waals surface area contributed by atoms with Crippen molar-refractivity contribution in [3.63, 3.8) is 0 Å². The van der Waals surface area contributed by atoms with E-state index in [-0.39, 0.29) is 35.6 Å². The zero-order valence-corrected chi connectivity index (χ0v) is 22.7. The fourth-order valence-corrected chi connectivity index (χ4v) is 5.10. The maximum absolute atomic E-state index is 13.4. The monoisotopic (exact) mass is 540 g/mol. The Labute approximate surface area is 223 Å². The van der Waals surface area contributed by atoms with Crippen molar-refractivity contribution in [1.82, 2.24) is 0 Å². The molecule has 0 saturated carbocycles. The van der Waals surface area contributed by atoms with Gasteiger partial charge in [-0.25, -0.2) is 8.42 Å². The molecule has 1 N–H and O–H groups in total. The molecular weight excluding hydrogens is 508 g/mol. The van der Waals surface area contributed by atoms with Gasteiger partial charge in [0.15, 0.2) is 11.5 Å². The first-order valence-electron chi connectivity index (χ1n) is 11.9. The van der Waals surface area contributed by atoms with E-state index in [2.05, 4.69) is 10.6 Å². The third-order valence-electron chi connectivity index (χ3n) is 5.93. The summed E-state index contributed by atoms with van der Waals surface area (Å²) in [6.45, 7) is 2.82. The molecule has 0 fully saturated rings. The molecule has 0 bridgehead atoms. The van der Waals surface area contributed by atoms with Crippen molar-refractivity contribution >= 4 is 38.1 Å². The lowest BCUT2D eigenvalue weighted by Gasteiger charge is -2.30. The van der Waals surface area contributed by atoms with Gasteiger partial charge in [-0.15, -0.1) is 6.42 Å². The molecular formula is C28H32N2O7S. The second kappa shape index (κ2) is 13.0. The number of methoxy groups -OCH3 is 3. The molecule has 3 rings (SSSR count). The Morgan fingerprint density at radius 1 is 1.03 bits per heavy atom. The molecule has 9 nitrogen and oxygen atoms in total. The maximum atomic E-state index is 13.4. The number of anilines is 2. The molecule has 10 heteroatoms. The molecule has 0 radical (unpaired) electrons. The third kappa shape index (κ3) is 6.68. The zero-order valence-electron chi connectivity index (χ0n) is 21.9. The zero-order chi connectivity index (χ0) is 27.7. The lowest BCUT2D eigenvalue weighted by molar-refractivity contribution is -0.140. The highest BCUT2D eigenvalue weighted by molar-refractivity contribution is 7.92. The van der Waals surface area contributed by atoms with Crippen LogP contribution in [0.1, 0.15) is 13.3 Å². The Hall–Kier alpha value is -3.94. The molecule has 0 aliphatic carbocycles. The van der Waals surface area contributed by atoms with Crippen LogP contribution in [-0.2, 0) is 24.3 Å². The number of hydrogen-bond donors (Lipinski definition) is 1. The average Bonchev–Trinajstić information content (AvgIpc) is 2.92. The molecule has 0 heterocycles. The SMILES string of the molecule is C#CCN(c1ccc(NS(=O)(=O)c2ccc(OCCOC)c(OC)c2)c2ccccc12)[C@@H](C)CC(=O)OC. The van der Waals surface area contributed by atoms with E-state index in [1.165, 1.54) is 26.4 Å². The fraction of sp³-hybridized carbons (Fsp3) is 0.321. The van der Waals surface area contributed by atoms with Gasteiger partial charge < -0.3 is 23.8 Å². The molecule has 202 valence electrons. The number of terminal acetylenes is 1. The molecule has 0 spiro atoms. The highest BCUT2D eigenvalue weighted by Gasteiger charge is 2.22. The first kappa shape index (κ1) is 28.6. The fourth-order valence-electron chi connectivity index (χ4n) is 4.01. The molecule has 38 heavy (non-hydrogen) atoms. The number of nitrogens with zero attached hydrogens (tertiary/aromatic N) is 1. The van der Waals surface area contributed by atoms with Crippen LogP contribution in [0.5, 0.6) is 11.5 Å². The van der Waals surface area contributed by atoms with Crippen LogP contribution in [0, 0.1) is 12.3 Å². The first-order chi connectivity index (χ1) is 18.2. The minimum absolute atomic E-state index is 0.0160. The van der Waals surface area contributed by atoms with Crippen molar-refractivity contribution in [2.45, 2.75) is 24.3 Å². The summed E-state index contributed by atoms with van der Waals surface area (Å²) >= 11 is 0. The number of ether oxygens (including phenoxy) is 4. The van der Waals surface area contributed by atoms with Crippen LogP contribution < -0.4 is 19.1 Å². The molecule has 3 aromatic rings. The minimum Gasteiger partial charge on any atom is -0.493 e. The molecule has 0 amide bonds. The van der Waals surface area contributed by atoms with Crippen LogP contribution in [-0.4, -0.2) is 61.5 Å². The number of rotatable bonds is 13. The van der Waals surface area contributed by atoms with Crippen LogP contribution >= 0.6 is 0 Å². The summed E-state index contributed by atoms with van der Waals surface area (Å²) in [5.41, 5.74) is 1.17. The Balaban J connectivity index is 1.97. The van der Waals surface area contributed by atoms with E-state index in [1.54, 1.807) is 25.3 Å². The summed E-state index contributed by atoms with van der Waals surface area (Å²) in [5.74, 6) is 2.99. The van der Waals surface area contributed by atoms with E-state index in [0.717, 1.165) is 11.1 Å². The van der Waals surface area contributed by atoms with Gasteiger partial charge in [0.2, 0.25) is 0 Å². The lowest BCUT2D eigenvalue weighted by Crippen LogP contribution is -2.35. The summed E-state index contributed by atoms with van der Waals surface area (Å²) in [7, 11) is 0.372. The van der Waals surface area contributed by atoms with Gasteiger partial charge in [0.05, 0.1) is 44.4 Å². The largest absolute Gasteiger partial charge is 0.493 e. The van der Waals surface area contributed by atoms with Gasteiger partial charge >= 0.3 is 5.97 Å². The van der Waals surface area contributed by atoms with Gasteiger partial charge in [0.25, 0.3) is 10.0 Å². The summed E-state index contributed by atoms with van der Waals surface area (Å²) < 4.78 is 50.1. The summed E-state index contributed by atoms with van der Waals surface area (Å²) in [4.78, 5) is 13.8. The smallest absolute Gasteiger partial charge is 0.307 e. The normalized spacial score (nSPS) is 11.9. The topological polar surface area (TPSA) is 103 Å². The Morgan fingerprint density at radius 3 is 2.42 bits per heavy atom. The van der Waals surface area contributed by atoms with Crippen LogP contribution in [0.15, 0.2) is 59.5 Å². The summed E-state index contributed by atoms with van der Waals surface area (Å²) in [5, 5.41) is 1.45. The van der Waals surface area contributed by atoms with Gasteiger partial charge in [-0.05, 0) is 31.2 Å². The Bertz CT molecular complexity index is 1420. The molecule has 0 unspecified atom stereocenters. The number of benzene rings is 3. The van der Waals surface area contributed by atoms with Crippen molar-refractivity contribution in [2.24, 2.45) is 0 Å². The predicted octanol–water partition coefficient (Wildman–Crippen LogP) is 4.07. The first-order valence-corrected chi connectivity index (χ1v) is 13.3. The molecule has 0 aliphatic rings. The standard InChI is InChI=1S/C28H32N2O7S/c1-6-15-30(20(2)18-28(31)36-5)25-13-12-24(22-9-7-8-10-23(22)25)29-38(32,33)21-11-14-26(27(19-21)35-4)37-17-16-34-3/h1,7-14,19-20,29H,15-18H2,2-5H3/t20-/m0/s1. The molecule has 3 aromatic carbocycles. The van der Waals surface area contributed by atoms with Crippen molar-refractivity contribution in [1.29, 1.82) is 0 Å². The van der Waals surface area contributed by atoms with Gasteiger partial charge in [-0.2, -0.15) is 0 Å². The number of nitrogens with one attached hydrogen (secondary N) is 1. The molecule has 0 aliphatic heterocycles. The van der Waals surface area contributed by atoms with Gasteiger partial charge in [-0.1, -0.05) is 30.2 Å². The van der Waals surface area contributed by atoms with Crippen LogP contribution in [0.3, 0.4) is 0 Å². The Morgan fingerprint density at radius 2 is 1.76 bits per heavy atom. The van der Waals surface area contributed by atoms with Crippen molar-refractivity contribution in [3.8, 4) is 23.8 Å². The second-order valence-electron chi connectivity index (χ2n) is 8.40. The van der Waals surface area contributed by atoms with E-state index in [9.17, 15) is 13.2 Å². The Kier molecular flexibility index (Phi) is 9.82. The molecule has 1 atom stereocenters. The van der Waals surface area contributed by atoms with Crippen LogP contribution in [0.2, 0.25) is 0 Å². The number of fused-ring (bicyclic) bond motifs is 1.